The first-order valence-corrected chi connectivity index (χ1v) is 13.1. The Labute approximate surface area is 220 Å². The summed E-state index contributed by atoms with van der Waals surface area (Å²) in [6.45, 7) is 1.87. The van der Waals surface area contributed by atoms with E-state index < -0.39 is 26.7 Å². The molecule has 2 aromatic carbocycles. The highest BCUT2D eigenvalue weighted by Gasteiger charge is 2.61. The zero-order valence-electron chi connectivity index (χ0n) is 19.8. The molecule has 2 aromatic rings. The average Bonchev–Trinajstić information content (AvgIpc) is 3.48. The molecular weight excluding hydrogens is 520 g/mol. The molecule has 5 rings (SSSR count). The lowest BCUT2D eigenvalue weighted by atomic mass is 9.98. The number of nitro benzene ring substituents is 1. The van der Waals surface area contributed by atoms with Gasteiger partial charge in [-0.1, -0.05) is 11.8 Å². The number of hydrogen-bond acceptors (Lipinski definition) is 12. The zero-order valence-corrected chi connectivity index (χ0v) is 21.5. The molecule has 192 valence electrons. The Morgan fingerprint density at radius 2 is 1.86 bits per heavy atom. The number of methoxy groups -OCH3 is 1. The molecule has 12 nitrogen and oxygen atoms in total. The Morgan fingerprint density at radius 1 is 1.19 bits per heavy atom. The van der Waals surface area contributed by atoms with E-state index in [2.05, 4.69) is 20.7 Å². The van der Waals surface area contributed by atoms with E-state index in [0.717, 1.165) is 5.56 Å². The Balaban J connectivity index is 1.32. The lowest BCUT2D eigenvalue weighted by Crippen LogP contribution is -2.58. The minimum atomic E-state index is -1.11. The number of esters is 1. The summed E-state index contributed by atoms with van der Waals surface area (Å²) < 4.78 is 10.1. The summed E-state index contributed by atoms with van der Waals surface area (Å²) in [6, 6.07) is 12.3. The summed E-state index contributed by atoms with van der Waals surface area (Å²) in [5.41, 5.74) is 1.32. The number of nitrogens with zero attached hydrogens (tertiary/aromatic N) is 6. The van der Waals surface area contributed by atoms with Gasteiger partial charge >= 0.3 is 5.97 Å². The van der Waals surface area contributed by atoms with Crippen molar-refractivity contribution in [2.75, 3.05) is 12.9 Å². The van der Waals surface area contributed by atoms with Gasteiger partial charge in [0.1, 0.15) is 18.4 Å². The largest absolute Gasteiger partial charge is 0.497 e. The first-order valence-electron chi connectivity index (χ1n) is 11.3. The Hall–Kier alpha value is -3.52. The smallest absolute Gasteiger partial charge is 0.330 e. The lowest BCUT2D eigenvalue weighted by Gasteiger charge is -2.38. The van der Waals surface area contributed by atoms with Crippen LogP contribution in [0.3, 0.4) is 0 Å². The summed E-state index contributed by atoms with van der Waals surface area (Å²) in [6.07, 6.45) is 0.361. The number of nitro groups is 1. The first kappa shape index (κ1) is 25.1. The van der Waals surface area contributed by atoms with Crippen LogP contribution in [0.25, 0.3) is 0 Å². The van der Waals surface area contributed by atoms with E-state index >= 15 is 0 Å². The van der Waals surface area contributed by atoms with E-state index in [1.807, 2.05) is 19.1 Å². The zero-order chi connectivity index (χ0) is 26.2. The number of carbonyl (C=O) groups excluding carboxylic acids is 2. The van der Waals surface area contributed by atoms with Crippen LogP contribution in [0.5, 0.6) is 5.75 Å². The fraction of sp³-hybridized carbons (Fsp3) is 0.391. The lowest BCUT2D eigenvalue weighted by molar-refractivity contribution is -0.384. The number of carbonyl (C=O) groups is 2. The van der Waals surface area contributed by atoms with Gasteiger partial charge in [-0.3, -0.25) is 14.9 Å². The van der Waals surface area contributed by atoms with Crippen LogP contribution >= 0.6 is 23.5 Å². The van der Waals surface area contributed by atoms with Gasteiger partial charge in [-0.05, 0) is 59.3 Å². The number of rotatable bonds is 9. The van der Waals surface area contributed by atoms with Crippen molar-refractivity contribution in [2.24, 2.45) is 20.7 Å². The number of hydrogen-bond donors (Lipinski definition) is 0. The molecule has 3 heterocycles. The molecular formula is C23H22N6O6S2. The van der Waals surface area contributed by atoms with E-state index in [-0.39, 0.29) is 23.6 Å². The van der Waals surface area contributed by atoms with Crippen LogP contribution in [0, 0.1) is 10.1 Å². The monoisotopic (exact) mass is 542 g/mol. The van der Waals surface area contributed by atoms with Gasteiger partial charge in [-0.15, -0.1) is 22.0 Å². The Kier molecular flexibility index (Phi) is 6.62. The molecule has 0 saturated carbocycles. The van der Waals surface area contributed by atoms with Gasteiger partial charge in [0.15, 0.2) is 0 Å². The second kappa shape index (κ2) is 9.74. The number of ether oxygens (including phenoxy) is 2. The molecule has 14 heteroatoms. The van der Waals surface area contributed by atoms with Gasteiger partial charge < -0.3 is 14.4 Å². The number of thioether (sulfide) groups is 2. The highest BCUT2D eigenvalue weighted by atomic mass is 32.2. The van der Waals surface area contributed by atoms with Crippen LogP contribution in [0.2, 0.25) is 0 Å². The minimum absolute atomic E-state index is 0.0483. The molecule has 1 amide bonds. The van der Waals surface area contributed by atoms with Crippen molar-refractivity contribution >= 4 is 41.1 Å². The van der Waals surface area contributed by atoms with Crippen molar-refractivity contribution in [1.29, 1.82) is 0 Å². The molecule has 37 heavy (non-hydrogen) atoms. The molecule has 0 aliphatic carbocycles. The van der Waals surface area contributed by atoms with E-state index in [1.54, 1.807) is 35.9 Å². The predicted molar refractivity (Wildman–Crippen MR) is 135 cm³/mol. The van der Waals surface area contributed by atoms with Crippen molar-refractivity contribution in [3.8, 4) is 5.75 Å². The summed E-state index contributed by atoms with van der Waals surface area (Å²) in [5, 5.41) is 26.8. The van der Waals surface area contributed by atoms with Crippen molar-refractivity contribution in [1.82, 2.24) is 4.90 Å². The molecule has 3 aliphatic rings. The van der Waals surface area contributed by atoms with Gasteiger partial charge in [-0.2, -0.15) is 0 Å². The summed E-state index contributed by atoms with van der Waals surface area (Å²) in [4.78, 5) is 36.6. The molecule has 0 bridgehead atoms. The van der Waals surface area contributed by atoms with Gasteiger partial charge in [0.05, 0.1) is 28.6 Å². The third-order valence-electron chi connectivity index (χ3n) is 6.39. The molecule has 0 spiro atoms. The molecule has 3 aliphatic heterocycles. The number of non-ortho nitro benzene ring substituents is 1. The maximum Gasteiger partial charge on any atom is 0.330 e. The second-order valence-corrected chi connectivity index (χ2v) is 11.7. The molecule has 0 aromatic heterocycles. The molecule has 3 atom stereocenters. The fourth-order valence-corrected chi connectivity index (χ4v) is 7.52. The third kappa shape index (κ3) is 4.66. The summed E-state index contributed by atoms with van der Waals surface area (Å²) in [5.74, 6) is 0.457. The quantitative estimate of drug-likeness (QED) is 0.195. The predicted octanol–water partition coefficient (Wildman–Crippen LogP) is 4.46. The average molecular weight is 543 g/mol. The van der Waals surface area contributed by atoms with Crippen LogP contribution in [0.4, 0.5) is 5.69 Å². The first-order chi connectivity index (χ1) is 17.7. The van der Waals surface area contributed by atoms with Crippen molar-refractivity contribution < 1.29 is 24.0 Å². The van der Waals surface area contributed by atoms with E-state index in [4.69, 9.17) is 9.47 Å². The molecule has 2 fully saturated rings. The number of fused-ring (bicyclic) bond motifs is 1. The topological polar surface area (TPSA) is 148 Å². The SMILES string of the molecule is COc1ccc(C2(SCC3(C)SC4CC(=O)N4C3C(=O)OCc3ccc([N+](=O)[O-])cc3)N=NN=N2)cc1. The van der Waals surface area contributed by atoms with Crippen LogP contribution in [0.1, 0.15) is 24.5 Å². The van der Waals surface area contributed by atoms with Crippen molar-refractivity contribution in [3.05, 3.63) is 69.8 Å². The number of amides is 1. The molecule has 0 radical (unpaired) electrons. The highest BCUT2D eigenvalue weighted by Crippen LogP contribution is 2.55. The Bertz CT molecular complexity index is 1280. The van der Waals surface area contributed by atoms with Crippen molar-refractivity contribution in [3.63, 3.8) is 0 Å². The summed E-state index contributed by atoms with van der Waals surface area (Å²) in [7, 11) is 1.58. The third-order valence-corrected chi connectivity index (χ3v) is 9.69. The maximum atomic E-state index is 13.3. The summed E-state index contributed by atoms with van der Waals surface area (Å²) >= 11 is 2.93. The number of β-lactam (4-membered cyclic amide) rings is 1. The maximum absolute atomic E-state index is 13.3. The number of benzene rings is 2. The van der Waals surface area contributed by atoms with Gasteiger partial charge in [0.25, 0.3) is 10.7 Å². The van der Waals surface area contributed by atoms with Crippen LogP contribution in [0.15, 0.2) is 69.2 Å². The van der Waals surface area contributed by atoms with E-state index in [0.29, 0.717) is 23.5 Å². The molecule has 3 unspecified atom stereocenters. The standard InChI is InChI=1S/C23H22N6O6S2/c1-22(13-36-23(24-26-27-25-23)15-5-9-17(34-2)10-6-15)20(28-18(30)11-19(28)37-22)21(31)35-12-14-3-7-16(8-4-14)29(32)33/h3-10,19-20H,11-13H2,1-2H3. The normalized spacial score (nSPS) is 25.0. The van der Waals surface area contributed by atoms with Crippen LogP contribution < -0.4 is 4.74 Å². The highest BCUT2D eigenvalue weighted by molar-refractivity contribution is 8.05. The van der Waals surface area contributed by atoms with Gasteiger partial charge in [0, 0.05) is 23.4 Å². The second-order valence-electron chi connectivity index (χ2n) is 8.83. The minimum Gasteiger partial charge on any atom is -0.497 e. The molecule has 2 saturated heterocycles. The van der Waals surface area contributed by atoms with E-state index in [1.165, 1.54) is 36.0 Å². The molecule has 0 N–H and O–H groups in total. The van der Waals surface area contributed by atoms with Gasteiger partial charge in [-0.25, -0.2) is 4.79 Å². The van der Waals surface area contributed by atoms with Gasteiger partial charge in [0.2, 0.25) is 5.91 Å². The van der Waals surface area contributed by atoms with Crippen LogP contribution in [-0.4, -0.2) is 50.7 Å². The Morgan fingerprint density at radius 3 is 2.46 bits per heavy atom. The fourth-order valence-electron chi connectivity index (χ4n) is 4.39. The van der Waals surface area contributed by atoms with Crippen molar-refractivity contribution in [2.45, 2.75) is 41.1 Å². The van der Waals surface area contributed by atoms with E-state index in [9.17, 15) is 19.7 Å². The van der Waals surface area contributed by atoms with Crippen LogP contribution in [-0.2, 0) is 25.9 Å².